The summed E-state index contributed by atoms with van der Waals surface area (Å²) in [5.74, 6) is 0. The highest BCUT2D eigenvalue weighted by atomic mass is 32.2. The molecule has 0 aliphatic carbocycles. The Morgan fingerprint density at radius 2 is 1.72 bits per heavy atom. The van der Waals surface area contributed by atoms with E-state index >= 15 is 4.39 Å². The summed E-state index contributed by atoms with van der Waals surface area (Å²) < 4.78 is 36.7. The molecule has 0 bridgehead atoms. The Hall–Kier alpha value is -2.50. The number of ether oxygens (including phenoxy) is 3. The molecule has 7 nitrogen and oxygen atoms in total. The van der Waals surface area contributed by atoms with Gasteiger partial charge in [0, 0.05) is 0 Å². The van der Waals surface area contributed by atoms with E-state index in [0.29, 0.717) is 22.4 Å². The average molecular weight is 527 g/mol. The lowest BCUT2D eigenvalue weighted by atomic mass is 9.95. The van der Waals surface area contributed by atoms with Gasteiger partial charge >= 0.3 is 0 Å². The fourth-order valence-electron chi connectivity index (χ4n) is 4.26. The van der Waals surface area contributed by atoms with E-state index in [9.17, 15) is 0 Å². The molecule has 4 aromatic rings. The summed E-state index contributed by atoms with van der Waals surface area (Å²) in [6, 6.07) is 19.6. The van der Waals surface area contributed by atoms with Crippen molar-refractivity contribution in [1.29, 1.82) is 0 Å². The predicted molar refractivity (Wildman–Crippen MR) is 138 cm³/mol. The molecule has 2 aromatic heterocycles. The second-order valence-corrected chi connectivity index (χ2v) is 9.98. The van der Waals surface area contributed by atoms with Crippen molar-refractivity contribution >= 4 is 29.2 Å². The average Bonchev–Trinajstić information content (AvgIpc) is 3.50. The molecule has 0 radical (unpaired) electrons. The van der Waals surface area contributed by atoms with E-state index < -0.39 is 17.9 Å². The summed E-state index contributed by atoms with van der Waals surface area (Å²) in [7, 11) is 0. The molecule has 1 aliphatic rings. The van der Waals surface area contributed by atoms with Crippen LogP contribution < -0.4 is 0 Å². The van der Waals surface area contributed by atoms with Crippen LogP contribution in [-0.4, -0.2) is 57.5 Å². The van der Waals surface area contributed by atoms with Crippen molar-refractivity contribution in [2.45, 2.75) is 41.3 Å². The van der Waals surface area contributed by atoms with E-state index in [-0.39, 0.29) is 25.5 Å². The highest BCUT2D eigenvalue weighted by Gasteiger charge is 2.55. The van der Waals surface area contributed by atoms with Gasteiger partial charge in [0.15, 0.2) is 5.65 Å². The SMILES string of the molecule is CSc1nc(SC)c2ncc(C3(F)CO[C@H](COCc4ccccc4)[C@H]3OCc3ccccc3)n2n1. The molecule has 2 aromatic carbocycles. The van der Waals surface area contributed by atoms with Crippen LogP contribution in [0.4, 0.5) is 4.39 Å². The first-order chi connectivity index (χ1) is 17.6. The molecular formula is C26H27FN4O3S2. The van der Waals surface area contributed by atoms with Crippen molar-refractivity contribution < 1.29 is 18.6 Å². The van der Waals surface area contributed by atoms with Gasteiger partial charge in [-0.1, -0.05) is 72.4 Å². The third-order valence-corrected chi connectivity index (χ3v) is 7.27. The standard InChI is InChI=1S/C26H27FN4O3S2/c1-35-24-23-28-13-21(31(23)30-25(29-24)36-2)26(27)17-34-20(16-32-14-18-9-5-3-6-10-18)22(26)33-15-19-11-7-4-8-12-19/h3-13,20,22H,14-17H2,1-2H3/t20-,22-,26?/m1/s1. The first kappa shape index (κ1) is 25.2. The Morgan fingerprint density at radius 3 is 2.39 bits per heavy atom. The Morgan fingerprint density at radius 1 is 1.03 bits per heavy atom. The van der Waals surface area contributed by atoms with Gasteiger partial charge in [0.1, 0.15) is 22.9 Å². The van der Waals surface area contributed by atoms with E-state index in [0.717, 1.165) is 11.1 Å². The number of halogens is 1. The fraction of sp³-hybridized carbons (Fsp3) is 0.346. The Balaban J connectivity index is 1.44. The monoisotopic (exact) mass is 526 g/mol. The molecule has 1 fully saturated rings. The van der Waals surface area contributed by atoms with Crippen molar-refractivity contribution in [3.05, 3.63) is 83.7 Å². The van der Waals surface area contributed by atoms with Gasteiger partial charge in [-0.05, 0) is 23.6 Å². The number of hydrogen-bond donors (Lipinski definition) is 0. The van der Waals surface area contributed by atoms with Crippen molar-refractivity contribution in [3.63, 3.8) is 0 Å². The topological polar surface area (TPSA) is 70.8 Å². The molecule has 10 heteroatoms. The summed E-state index contributed by atoms with van der Waals surface area (Å²) in [5, 5.41) is 5.77. The van der Waals surface area contributed by atoms with Crippen LogP contribution >= 0.6 is 23.5 Å². The number of imidazole rings is 1. The molecule has 0 spiro atoms. The molecule has 36 heavy (non-hydrogen) atoms. The minimum absolute atomic E-state index is 0.188. The smallest absolute Gasteiger partial charge is 0.208 e. The molecule has 3 heterocycles. The Bertz CT molecular complexity index is 1290. The maximum atomic E-state index is 17.0. The predicted octanol–water partition coefficient (Wildman–Crippen LogP) is 4.93. The van der Waals surface area contributed by atoms with Gasteiger partial charge in [0.05, 0.1) is 32.6 Å². The lowest BCUT2D eigenvalue weighted by molar-refractivity contribution is -0.0860. The van der Waals surface area contributed by atoms with Crippen LogP contribution in [0.2, 0.25) is 0 Å². The maximum absolute atomic E-state index is 17.0. The number of thioether (sulfide) groups is 2. The fourth-order valence-corrected chi connectivity index (χ4v) is 5.16. The molecular weight excluding hydrogens is 499 g/mol. The van der Waals surface area contributed by atoms with Gasteiger partial charge in [-0.25, -0.2) is 18.9 Å². The zero-order valence-corrected chi connectivity index (χ0v) is 21.7. The lowest BCUT2D eigenvalue weighted by Gasteiger charge is -2.28. The van der Waals surface area contributed by atoms with Crippen molar-refractivity contribution in [1.82, 2.24) is 19.6 Å². The molecule has 1 aliphatic heterocycles. The quantitative estimate of drug-likeness (QED) is 0.269. The Labute approximate surface area is 217 Å². The number of fused-ring (bicyclic) bond motifs is 1. The van der Waals surface area contributed by atoms with Crippen LogP contribution in [-0.2, 0) is 33.1 Å². The number of hydrogen-bond acceptors (Lipinski definition) is 8. The van der Waals surface area contributed by atoms with Crippen LogP contribution in [0, 0.1) is 0 Å². The van der Waals surface area contributed by atoms with Gasteiger partial charge in [0.25, 0.3) is 0 Å². The highest BCUT2D eigenvalue weighted by Crippen LogP contribution is 2.41. The second kappa shape index (κ2) is 11.3. The number of aromatic nitrogens is 4. The minimum atomic E-state index is -1.98. The summed E-state index contributed by atoms with van der Waals surface area (Å²) in [6.45, 7) is 0.653. The van der Waals surface area contributed by atoms with E-state index in [2.05, 4.69) is 15.1 Å². The van der Waals surface area contributed by atoms with Crippen molar-refractivity contribution in [2.75, 3.05) is 25.7 Å². The normalized spacial score (nSPS) is 21.9. The molecule has 0 amide bonds. The summed E-state index contributed by atoms with van der Waals surface area (Å²) in [5.41, 5.74) is 0.809. The molecule has 1 unspecified atom stereocenters. The van der Waals surface area contributed by atoms with Crippen LogP contribution in [0.5, 0.6) is 0 Å². The lowest BCUT2D eigenvalue weighted by Crippen LogP contribution is -2.42. The molecule has 1 saturated heterocycles. The number of alkyl halides is 1. The maximum Gasteiger partial charge on any atom is 0.208 e. The number of rotatable bonds is 10. The van der Waals surface area contributed by atoms with E-state index in [1.54, 1.807) is 4.52 Å². The molecule has 0 saturated carbocycles. The highest BCUT2D eigenvalue weighted by molar-refractivity contribution is 7.99. The number of benzene rings is 2. The van der Waals surface area contributed by atoms with Crippen LogP contribution in [0.15, 0.2) is 77.0 Å². The third kappa shape index (κ3) is 5.14. The summed E-state index contributed by atoms with van der Waals surface area (Å²) in [4.78, 5) is 8.97. The van der Waals surface area contributed by atoms with Gasteiger partial charge in [0.2, 0.25) is 10.8 Å². The largest absolute Gasteiger partial charge is 0.374 e. The van der Waals surface area contributed by atoms with E-state index in [1.165, 1.54) is 29.7 Å². The zero-order valence-electron chi connectivity index (χ0n) is 20.0. The summed E-state index contributed by atoms with van der Waals surface area (Å²) in [6.07, 6.45) is 3.80. The number of nitrogens with zero attached hydrogens (tertiary/aromatic N) is 4. The van der Waals surface area contributed by atoms with Crippen molar-refractivity contribution in [2.24, 2.45) is 0 Å². The van der Waals surface area contributed by atoms with Gasteiger partial charge < -0.3 is 14.2 Å². The van der Waals surface area contributed by atoms with Crippen LogP contribution in [0.1, 0.15) is 16.8 Å². The summed E-state index contributed by atoms with van der Waals surface area (Å²) >= 11 is 2.84. The molecule has 188 valence electrons. The van der Waals surface area contributed by atoms with Crippen LogP contribution in [0.25, 0.3) is 5.65 Å². The third-order valence-electron chi connectivity index (χ3n) is 6.08. The van der Waals surface area contributed by atoms with Gasteiger partial charge in [-0.2, -0.15) is 0 Å². The minimum Gasteiger partial charge on any atom is -0.374 e. The van der Waals surface area contributed by atoms with Crippen molar-refractivity contribution in [3.8, 4) is 0 Å². The molecule has 3 atom stereocenters. The molecule has 5 rings (SSSR count). The van der Waals surface area contributed by atoms with Gasteiger partial charge in [-0.3, -0.25) is 0 Å². The second-order valence-electron chi connectivity index (χ2n) is 8.42. The molecule has 0 N–H and O–H groups in total. The first-order valence-corrected chi connectivity index (χ1v) is 14.0. The zero-order chi connectivity index (χ0) is 25.0. The van der Waals surface area contributed by atoms with Crippen LogP contribution in [0.3, 0.4) is 0 Å². The Kier molecular flexibility index (Phi) is 7.87. The van der Waals surface area contributed by atoms with E-state index in [1.807, 2.05) is 73.2 Å². The van der Waals surface area contributed by atoms with E-state index in [4.69, 9.17) is 14.2 Å². The first-order valence-electron chi connectivity index (χ1n) is 11.5. The van der Waals surface area contributed by atoms with Gasteiger partial charge in [-0.15, -0.1) is 16.9 Å².